The first-order chi connectivity index (χ1) is 8.90. The van der Waals surface area contributed by atoms with Gasteiger partial charge in [-0.05, 0) is 26.7 Å². The molecule has 102 valence electrons. The zero-order valence-electron chi connectivity index (χ0n) is 10.7. The summed E-state index contributed by atoms with van der Waals surface area (Å²) in [7, 11) is 0. The molecular formula is C12H15N3O4. The number of carboxylic acid groups (broad SMARTS) is 1. The Morgan fingerprint density at radius 1 is 1.47 bits per heavy atom. The molecule has 0 unspecified atom stereocenters. The predicted molar refractivity (Wildman–Crippen MR) is 66.1 cm³/mol. The summed E-state index contributed by atoms with van der Waals surface area (Å²) >= 11 is 0. The Balaban J connectivity index is 2.27. The van der Waals surface area contributed by atoms with Crippen molar-refractivity contribution in [1.82, 2.24) is 15.3 Å². The van der Waals surface area contributed by atoms with Crippen molar-refractivity contribution < 1.29 is 14.7 Å². The predicted octanol–water partition coefficient (Wildman–Crippen LogP) is 0.159. The molecule has 2 rings (SSSR count). The quantitative estimate of drug-likeness (QED) is 0.717. The second-order valence-electron chi connectivity index (χ2n) is 4.72. The lowest BCUT2D eigenvalue weighted by molar-refractivity contribution is -0.138. The number of rotatable bonds is 4. The fraction of sp³-hybridized carbons (Fsp3) is 0.500. The maximum absolute atomic E-state index is 11.9. The average Bonchev–Trinajstić information content (AvgIpc) is 3.11. The fourth-order valence-electron chi connectivity index (χ4n) is 1.76. The molecule has 1 saturated carbocycles. The van der Waals surface area contributed by atoms with Gasteiger partial charge in [-0.25, -0.2) is 4.98 Å². The normalized spacial score (nSPS) is 15.9. The molecule has 1 amide bonds. The van der Waals surface area contributed by atoms with Crippen LogP contribution in [0.2, 0.25) is 0 Å². The highest BCUT2D eigenvalue weighted by atomic mass is 16.4. The van der Waals surface area contributed by atoms with Crippen molar-refractivity contribution in [3.8, 4) is 0 Å². The minimum absolute atomic E-state index is 0.127. The monoisotopic (exact) mass is 265 g/mol. The van der Waals surface area contributed by atoms with Crippen molar-refractivity contribution in [1.29, 1.82) is 0 Å². The number of carbonyl (C=O) groups excluding carboxylic acids is 1. The molecule has 1 aliphatic carbocycles. The number of nitrogens with zero attached hydrogens (tertiary/aromatic N) is 1. The van der Waals surface area contributed by atoms with Gasteiger partial charge in [-0.2, -0.15) is 0 Å². The van der Waals surface area contributed by atoms with E-state index in [2.05, 4.69) is 15.3 Å². The Morgan fingerprint density at radius 3 is 2.58 bits per heavy atom. The second-order valence-corrected chi connectivity index (χ2v) is 4.72. The number of nitrogens with one attached hydrogen (secondary N) is 2. The van der Waals surface area contributed by atoms with Crippen LogP contribution in [0.25, 0.3) is 0 Å². The van der Waals surface area contributed by atoms with Crippen molar-refractivity contribution >= 4 is 11.9 Å². The first kappa shape index (κ1) is 13.3. The molecule has 1 atom stereocenters. The standard InChI is InChI=1S/C12H15N3O4/c1-5-8(10(16)14-6(2)12(18)19)11(17)15-9(13-5)7-3-4-7/h6-7H,3-4H2,1-2H3,(H,14,16)(H,18,19)(H,13,15,17)/t6-/m0/s1. The van der Waals surface area contributed by atoms with Gasteiger partial charge in [-0.15, -0.1) is 0 Å². The first-order valence-corrected chi connectivity index (χ1v) is 6.04. The zero-order chi connectivity index (χ0) is 14.2. The van der Waals surface area contributed by atoms with Gasteiger partial charge < -0.3 is 15.4 Å². The number of H-pyrrole nitrogens is 1. The molecule has 1 heterocycles. The van der Waals surface area contributed by atoms with Crippen LogP contribution in [-0.2, 0) is 4.79 Å². The third kappa shape index (κ3) is 2.81. The highest BCUT2D eigenvalue weighted by Gasteiger charge is 2.28. The minimum Gasteiger partial charge on any atom is -0.480 e. The van der Waals surface area contributed by atoms with E-state index in [-0.39, 0.29) is 11.5 Å². The molecule has 1 aromatic heterocycles. The highest BCUT2D eigenvalue weighted by Crippen LogP contribution is 2.37. The van der Waals surface area contributed by atoms with E-state index in [0.717, 1.165) is 12.8 Å². The van der Waals surface area contributed by atoms with Gasteiger partial charge in [0.2, 0.25) is 0 Å². The van der Waals surface area contributed by atoms with Gasteiger partial charge in [-0.3, -0.25) is 14.4 Å². The SMILES string of the molecule is Cc1nc(C2CC2)[nH]c(=O)c1C(=O)N[C@@H](C)C(=O)O. The van der Waals surface area contributed by atoms with Gasteiger partial charge in [-0.1, -0.05) is 0 Å². The molecule has 7 heteroatoms. The number of aliphatic carboxylic acids is 1. The van der Waals surface area contributed by atoms with Crippen molar-refractivity contribution in [2.24, 2.45) is 0 Å². The first-order valence-electron chi connectivity index (χ1n) is 6.04. The molecule has 19 heavy (non-hydrogen) atoms. The van der Waals surface area contributed by atoms with Crippen LogP contribution in [0.15, 0.2) is 4.79 Å². The summed E-state index contributed by atoms with van der Waals surface area (Å²) in [4.78, 5) is 41.2. The summed E-state index contributed by atoms with van der Waals surface area (Å²) in [5.74, 6) is -1.000. The van der Waals surface area contributed by atoms with Gasteiger partial charge in [0, 0.05) is 5.92 Å². The zero-order valence-corrected chi connectivity index (χ0v) is 10.7. The Morgan fingerprint density at radius 2 is 2.11 bits per heavy atom. The maximum atomic E-state index is 11.9. The molecule has 1 aromatic rings. The van der Waals surface area contributed by atoms with E-state index in [1.165, 1.54) is 6.92 Å². The number of aryl methyl sites for hydroxylation is 1. The number of carboxylic acids is 1. The Labute approximate surface area is 109 Å². The summed E-state index contributed by atoms with van der Waals surface area (Å²) in [6, 6.07) is -1.06. The van der Waals surface area contributed by atoms with E-state index in [1.54, 1.807) is 6.92 Å². The summed E-state index contributed by atoms with van der Waals surface area (Å²) in [6.07, 6.45) is 1.98. The summed E-state index contributed by atoms with van der Waals surface area (Å²) in [5, 5.41) is 11.0. The molecule has 3 N–H and O–H groups in total. The van der Waals surface area contributed by atoms with Crippen LogP contribution in [0, 0.1) is 6.92 Å². The van der Waals surface area contributed by atoms with Crippen molar-refractivity contribution in [2.75, 3.05) is 0 Å². The fourth-order valence-corrected chi connectivity index (χ4v) is 1.76. The second kappa shape index (κ2) is 4.83. The van der Waals surface area contributed by atoms with E-state index in [4.69, 9.17) is 5.11 Å². The van der Waals surface area contributed by atoms with E-state index in [1.807, 2.05) is 0 Å². The van der Waals surface area contributed by atoms with Crippen LogP contribution in [-0.4, -0.2) is 33.0 Å². The molecule has 0 bridgehead atoms. The number of hydrogen-bond donors (Lipinski definition) is 3. The molecule has 0 saturated heterocycles. The molecule has 1 aliphatic rings. The van der Waals surface area contributed by atoms with Crippen LogP contribution in [0.4, 0.5) is 0 Å². The van der Waals surface area contributed by atoms with Crippen molar-refractivity contribution in [3.63, 3.8) is 0 Å². The van der Waals surface area contributed by atoms with Gasteiger partial charge in [0.1, 0.15) is 17.4 Å². The van der Waals surface area contributed by atoms with Crippen LogP contribution < -0.4 is 10.9 Å². The minimum atomic E-state index is -1.16. The van der Waals surface area contributed by atoms with Gasteiger partial charge in [0.15, 0.2) is 0 Å². The maximum Gasteiger partial charge on any atom is 0.325 e. The van der Waals surface area contributed by atoms with E-state index in [9.17, 15) is 14.4 Å². The number of carbonyl (C=O) groups is 2. The van der Waals surface area contributed by atoms with Crippen LogP contribution in [0.5, 0.6) is 0 Å². The molecule has 0 aromatic carbocycles. The molecular weight excluding hydrogens is 250 g/mol. The smallest absolute Gasteiger partial charge is 0.325 e. The van der Waals surface area contributed by atoms with E-state index < -0.39 is 23.5 Å². The largest absolute Gasteiger partial charge is 0.480 e. The lowest BCUT2D eigenvalue weighted by Crippen LogP contribution is -2.41. The Kier molecular flexibility index (Phi) is 3.37. The molecule has 0 aliphatic heterocycles. The topological polar surface area (TPSA) is 112 Å². The number of aromatic nitrogens is 2. The van der Waals surface area contributed by atoms with Gasteiger partial charge in [0.05, 0.1) is 5.69 Å². The van der Waals surface area contributed by atoms with Gasteiger partial charge >= 0.3 is 5.97 Å². The van der Waals surface area contributed by atoms with Crippen LogP contribution in [0.1, 0.15) is 47.6 Å². The third-order valence-electron chi connectivity index (χ3n) is 3.03. The summed E-state index contributed by atoms with van der Waals surface area (Å²) in [5.41, 5.74) is -0.331. The number of hydrogen-bond acceptors (Lipinski definition) is 4. The lowest BCUT2D eigenvalue weighted by Gasteiger charge is -2.10. The third-order valence-corrected chi connectivity index (χ3v) is 3.03. The Bertz CT molecular complexity index is 589. The van der Waals surface area contributed by atoms with E-state index >= 15 is 0 Å². The lowest BCUT2D eigenvalue weighted by atomic mass is 10.2. The highest BCUT2D eigenvalue weighted by molar-refractivity contribution is 5.97. The van der Waals surface area contributed by atoms with Crippen molar-refractivity contribution in [3.05, 3.63) is 27.4 Å². The van der Waals surface area contributed by atoms with Crippen LogP contribution in [0.3, 0.4) is 0 Å². The summed E-state index contributed by atoms with van der Waals surface area (Å²) in [6.45, 7) is 2.90. The van der Waals surface area contributed by atoms with E-state index in [0.29, 0.717) is 11.5 Å². The number of aromatic amines is 1. The van der Waals surface area contributed by atoms with Crippen LogP contribution >= 0.6 is 0 Å². The Hall–Kier alpha value is -2.18. The average molecular weight is 265 g/mol. The molecule has 0 spiro atoms. The molecule has 7 nitrogen and oxygen atoms in total. The summed E-state index contributed by atoms with van der Waals surface area (Å²) < 4.78 is 0. The van der Waals surface area contributed by atoms with Gasteiger partial charge in [0.25, 0.3) is 11.5 Å². The molecule has 1 fully saturated rings. The molecule has 0 radical (unpaired) electrons. The van der Waals surface area contributed by atoms with Crippen molar-refractivity contribution in [2.45, 2.75) is 38.6 Å². The number of amides is 1.